The molecule has 1 unspecified atom stereocenters. The molecule has 0 radical (unpaired) electrons. The van der Waals surface area contributed by atoms with Crippen molar-refractivity contribution >= 4 is 0 Å². The average Bonchev–Trinajstić information content (AvgIpc) is 2.49. The summed E-state index contributed by atoms with van der Waals surface area (Å²) in [7, 11) is 0. The molecule has 72 valence electrons. The highest BCUT2D eigenvalue weighted by molar-refractivity contribution is 5.18. The molecule has 2 rings (SSSR count). The molecule has 3 N–H and O–H groups in total. The molecule has 1 aliphatic heterocycles. The molecule has 0 spiro atoms. The highest BCUT2D eigenvalue weighted by atomic mass is 16.1. The van der Waals surface area contributed by atoms with Gasteiger partial charge in [0.25, 0.3) is 5.56 Å². The molecular formula is C9H15N3O. The Morgan fingerprint density at radius 3 is 2.69 bits per heavy atom. The van der Waals surface area contributed by atoms with E-state index in [-0.39, 0.29) is 5.56 Å². The largest absolute Gasteiger partial charge is 0.309 e. The number of aromatic amines is 2. The molecule has 0 aliphatic carbocycles. The normalized spacial score (nSPS) is 23.3. The van der Waals surface area contributed by atoms with Crippen molar-refractivity contribution in [1.82, 2.24) is 15.5 Å². The van der Waals surface area contributed by atoms with Gasteiger partial charge in [0.05, 0.1) is 5.69 Å². The summed E-state index contributed by atoms with van der Waals surface area (Å²) in [5.74, 6) is 0. The van der Waals surface area contributed by atoms with E-state index in [1.54, 1.807) is 0 Å². The van der Waals surface area contributed by atoms with Gasteiger partial charge in [-0.2, -0.15) is 0 Å². The predicted molar refractivity (Wildman–Crippen MR) is 50.7 cm³/mol. The zero-order valence-corrected chi connectivity index (χ0v) is 7.81. The fraction of sp³-hybridized carbons (Fsp3) is 0.667. The molecule has 1 saturated heterocycles. The van der Waals surface area contributed by atoms with Crippen molar-refractivity contribution in [3.8, 4) is 0 Å². The topological polar surface area (TPSA) is 60.7 Å². The molecule has 13 heavy (non-hydrogen) atoms. The molecule has 4 heteroatoms. The summed E-state index contributed by atoms with van der Waals surface area (Å²) in [6.45, 7) is 2.91. The van der Waals surface area contributed by atoms with Crippen molar-refractivity contribution < 1.29 is 0 Å². The standard InChI is InChI=1S/C9H15N3O/c1-6-8(11-12-9(6)13)7-4-2-3-5-10-7/h7,10H,2-5H2,1H3,(H2,11,12,13). The zero-order valence-electron chi connectivity index (χ0n) is 7.81. The molecule has 0 amide bonds. The van der Waals surface area contributed by atoms with E-state index in [1.807, 2.05) is 6.92 Å². The zero-order chi connectivity index (χ0) is 9.26. The van der Waals surface area contributed by atoms with E-state index in [0.29, 0.717) is 6.04 Å². The Morgan fingerprint density at radius 2 is 2.15 bits per heavy atom. The smallest absolute Gasteiger partial charge is 0.267 e. The Morgan fingerprint density at radius 1 is 1.31 bits per heavy atom. The van der Waals surface area contributed by atoms with Gasteiger partial charge in [-0.05, 0) is 26.3 Å². The number of hydrogen-bond donors (Lipinski definition) is 3. The van der Waals surface area contributed by atoms with Crippen LogP contribution in [0.15, 0.2) is 4.79 Å². The minimum atomic E-state index is 0.00220. The lowest BCUT2D eigenvalue weighted by Gasteiger charge is -2.22. The molecule has 0 saturated carbocycles. The van der Waals surface area contributed by atoms with Gasteiger partial charge in [-0.1, -0.05) is 6.42 Å². The number of rotatable bonds is 1. The first-order valence-electron chi connectivity index (χ1n) is 4.79. The van der Waals surface area contributed by atoms with Crippen LogP contribution in [0.4, 0.5) is 0 Å². The van der Waals surface area contributed by atoms with Crippen molar-refractivity contribution in [2.24, 2.45) is 0 Å². The van der Waals surface area contributed by atoms with Crippen LogP contribution in [0, 0.1) is 6.92 Å². The summed E-state index contributed by atoms with van der Waals surface area (Å²) in [6, 6.07) is 0.340. The minimum Gasteiger partial charge on any atom is -0.309 e. The van der Waals surface area contributed by atoms with Crippen molar-refractivity contribution in [3.63, 3.8) is 0 Å². The van der Waals surface area contributed by atoms with Gasteiger partial charge < -0.3 is 10.4 Å². The van der Waals surface area contributed by atoms with Gasteiger partial charge in [-0.15, -0.1) is 0 Å². The van der Waals surface area contributed by atoms with Gasteiger partial charge in [-0.3, -0.25) is 9.89 Å². The Labute approximate surface area is 76.7 Å². The van der Waals surface area contributed by atoms with E-state index >= 15 is 0 Å². The lowest BCUT2D eigenvalue weighted by Crippen LogP contribution is -2.27. The number of H-pyrrole nitrogens is 2. The van der Waals surface area contributed by atoms with Crippen LogP contribution in [0.5, 0.6) is 0 Å². The van der Waals surface area contributed by atoms with Gasteiger partial charge in [-0.25, -0.2) is 0 Å². The minimum absolute atomic E-state index is 0.00220. The molecule has 4 nitrogen and oxygen atoms in total. The molecule has 1 aliphatic rings. The third-order valence-electron chi connectivity index (χ3n) is 2.71. The van der Waals surface area contributed by atoms with E-state index < -0.39 is 0 Å². The van der Waals surface area contributed by atoms with Crippen LogP contribution in [0.1, 0.15) is 36.6 Å². The monoisotopic (exact) mass is 181 g/mol. The van der Waals surface area contributed by atoms with E-state index in [0.717, 1.165) is 24.2 Å². The summed E-state index contributed by atoms with van der Waals surface area (Å²) >= 11 is 0. The highest BCUT2D eigenvalue weighted by Crippen LogP contribution is 2.21. The van der Waals surface area contributed by atoms with Crippen LogP contribution >= 0.6 is 0 Å². The van der Waals surface area contributed by atoms with E-state index in [4.69, 9.17) is 0 Å². The number of piperidine rings is 1. The molecule has 0 aromatic carbocycles. The number of nitrogens with one attached hydrogen (secondary N) is 3. The summed E-state index contributed by atoms with van der Waals surface area (Å²) in [4.78, 5) is 11.2. The van der Waals surface area contributed by atoms with Crippen LogP contribution in [0.2, 0.25) is 0 Å². The first kappa shape index (κ1) is 8.56. The first-order valence-corrected chi connectivity index (χ1v) is 4.79. The fourth-order valence-electron chi connectivity index (χ4n) is 1.88. The van der Waals surface area contributed by atoms with Crippen LogP contribution in [0.25, 0.3) is 0 Å². The Hall–Kier alpha value is -1.03. The SMILES string of the molecule is Cc1c(C2CCCCN2)[nH][nH]c1=O. The van der Waals surface area contributed by atoms with Crippen LogP contribution in [-0.4, -0.2) is 16.7 Å². The third-order valence-corrected chi connectivity index (χ3v) is 2.71. The summed E-state index contributed by atoms with van der Waals surface area (Å²) in [5, 5.41) is 8.96. The Balaban J connectivity index is 2.23. The molecule has 1 fully saturated rings. The lowest BCUT2D eigenvalue weighted by molar-refractivity contribution is 0.404. The number of aromatic nitrogens is 2. The predicted octanol–water partition coefficient (Wildman–Crippen LogP) is 0.826. The van der Waals surface area contributed by atoms with Gasteiger partial charge in [0.1, 0.15) is 0 Å². The Bertz CT molecular complexity index is 333. The van der Waals surface area contributed by atoms with E-state index in [9.17, 15) is 4.79 Å². The van der Waals surface area contributed by atoms with Crippen LogP contribution in [0.3, 0.4) is 0 Å². The molecule has 2 heterocycles. The second kappa shape index (κ2) is 3.38. The lowest BCUT2D eigenvalue weighted by atomic mass is 10.0. The molecule has 1 aromatic rings. The van der Waals surface area contributed by atoms with Crippen molar-refractivity contribution in [3.05, 3.63) is 21.6 Å². The van der Waals surface area contributed by atoms with Crippen LogP contribution in [-0.2, 0) is 0 Å². The first-order chi connectivity index (χ1) is 6.29. The summed E-state index contributed by atoms with van der Waals surface area (Å²) < 4.78 is 0. The van der Waals surface area contributed by atoms with Gasteiger partial charge >= 0.3 is 0 Å². The van der Waals surface area contributed by atoms with Crippen LogP contribution < -0.4 is 10.9 Å². The van der Waals surface area contributed by atoms with Gasteiger partial charge in [0.15, 0.2) is 0 Å². The number of hydrogen-bond acceptors (Lipinski definition) is 2. The summed E-state index contributed by atoms with van der Waals surface area (Å²) in [5.41, 5.74) is 1.85. The maximum absolute atomic E-state index is 11.2. The molecule has 1 aromatic heterocycles. The van der Waals surface area contributed by atoms with E-state index in [1.165, 1.54) is 12.8 Å². The van der Waals surface area contributed by atoms with Gasteiger partial charge in [0.2, 0.25) is 0 Å². The highest BCUT2D eigenvalue weighted by Gasteiger charge is 2.18. The average molecular weight is 181 g/mol. The molecule has 0 bridgehead atoms. The maximum Gasteiger partial charge on any atom is 0.267 e. The van der Waals surface area contributed by atoms with Gasteiger partial charge in [0, 0.05) is 11.6 Å². The fourth-order valence-corrected chi connectivity index (χ4v) is 1.88. The maximum atomic E-state index is 11.2. The third kappa shape index (κ3) is 1.54. The van der Waals surface area contributed by atoms with Crippen molar-refractivity contribution in [1.29, 1.82) is 0 Å². The van der Waals surface area contributed by atoms with E-state index in [2.05, 4.69) is 15.5 Å². The van der Waals surface area contributed by atoms with Crippen molar-refractivity contribution in [2.45, 2.75) is 32.2 Å². The Kier molecular flexibility index (Phi) is 2.22. The second-order valence-corrected chi connectivity index (χ2v) is 3.62. The second-order valence-electron chi connectivity index (χ2n) is 3.62. The molecule has 1 atom stereocenters. The quantitative estimate of drug-likeness (QED) is 0.601. The summed E-state index contributed by atoms with van der Waals surface area (Å²) in [6.07, 6.45) is 3.60. The molecular weight excluding hydrogens is 166 g/mol. The van der Waals surface area contributed by atoms with Crippen molar-refractivity contribution in [2.75, 3.05) is 6.54 Å².